The van der Waals surface area contributed by atoms with Gasteiger partial charge in [0.1, 0.15) is 5.84 Å². The summed E-state index contributed by atoms with van der Waals surface area (Å²) >= 11 is 0. The fourth-order valence-corrected chi connectivity index (χ4v) is 2.67. The molecule has 0 radical (unpaired) electrons. The fourth-order valence-electron chi connectivity index (χ4n) is 2.67. The van der Waals surface area contributed by atoms with Gasteiger partial charge in [0, 0.05) is 23.4 Å². The number of amidine groups is 1. The predicted molar refractivity (Wildman–Crippen MR) is 87.2 cm³/mol. The van der Waals surface area contributed by atoms with Crippen LogP contribution >= 0.6 is 0 Å². The van der Waals surface area contributed by atoms with Gasteiger partial charge in [-0.1, -0.05) is 32.0 Å². The third kappa shape index (κ3) is 2.79. The lowest BCUT2D eigenvalue weighted by atomic mass is 9.80. The molecule has 0 saturated carbocycles. The van der Waals surface area contributed by atoms with Crippen LogP contribution in [0.2, 0.25) is 0 Å². The summed E-state index contributed by atoms with van der Waals surface area (Å²) in [6, 6.07) is 8.40. The molecule has 1 unspecified atom stereocenters. The zero-order valence-corrected chi connectivity index (χ0v) is 12.9. The Balaban J connectivity index is 2.80. The van der Waals surface area contributed by atoms with Crippen molar-refractivity contribution in [1.82, 2.24) is 0 Å². The van der Waals surface area contributed by atoms with Crippen LogP contribution in [0.4, 0.5) is 5.69 Å². The number of nitrogens with two attached hydrogens (primary N) is 2. The Bertz CT molecular complexity index is 784. The molecule has 4 N–H and O–H groups in total. The minimum absolute atomic E-state index is 0.0483. The number of aliphatic imine (C=N–C) groups is 1. The van der Waals surface area contributed by atoms with E-state index in [0.29, 0.717) is 22.4 Å². The number of hydrogen-bond acceptors (Lipinski definition) is 6. The first kappa shape index (κ1) is 16.2. The van der Waals surface area contributed by atoms with Crippen LogP contribution in [0.5, 0.6) is 0 Å². The molecule has 1 aromatic carbocycles. The molecule has 23 heavy (non-hydrogen) atoms. The van der Waals surface area contributed by atoms with E-state index in [1.165, 1.54) is 12.3 Å². The largest absolute Gasteiger partial charge is 0.404 e. The van der Waals surface area contributed by atoms with Gasteiger partial charge in [-0.2, -0.15) is 5.26 Å². The third-order valence-corrected chi connectivity index (χ3v) is 3.70. The fraction of sp³-hybridized carbons (Fsp3) is 0.250. The summed E-state index contributed by atoms with van der Waals surface area (Å²) in [6.45, 7) is 3.77. The predicted octanol–water partition coefficient (Wildman–Crippen LogP) is 2.33. The normalized spacial score (nSPS) is 19.7. The molecule has 7 heteroatoms. The van der Waals surface area contributed by atoms with Gasteiger partial charge in [-0.05, 0) is 5.92 Å². The van der Waals surface area contributed by atoms with Gasteiger partial charge in [0.05, 0.1) is 28.2 Å². The van der Waals surface area contributed by atoms with Crippen LogP contribution in [-0.2, 0) is 0 Å². The molecule has 7 nitrogen and oxygen atoms in total. The van der Waals surface area contributed by atoms with Crippen LogP contribution in [-0.4, -0.2) is 10.8 Å². The minimum atomic E-state index is -0.693. The van der Waals surface area contributed by atoms with Crippen LogP contribution in [0.1, 0.15) is 25.3 Å². The summed E-state index contributed by atoms with van der Waals surface area (Å²) in [6.07, 6.45) is 1.26. The van der Waals surface area contributed by atoms with Gasteiger partial charge >= 0.3 is 0 Å². The standard InChI is InChI=1S/C16H17N5O2/c1-9(2)15-11(7-17)14(12(8-18)16(19)20-15)10-5-3-4-6-13(10)21(22)23/h3-6,8-9,14H,18H2,1-2H3,(H2,19,20)/b12-8-. The van der Waals surface area contributed by atoms with E-state index in [9.17, 15) is 15.4 Å². The van der Waals surface area contributed by atoms with Gasteiger partial charge in [-0.25, -0.2) is 4.99 Å². The third-order valence-electron chi connectivity index (χ3n) is 3.70. The molecule has 1 heterocycles. The van der Waals surface area contributed by atoms with Crippen LogP contribution in [0.3, 0.4) is 0 Å². The summed E-state index contributed by atoms with van der Waals surface area (Å²) in [4.78, 5) is 15.1. The van der Waals surface area contributed by atoms with Crippen molar-refractivity contribution >= 4 is 11.5 Å². The molecule has 0 bridgehead atoms. The highest BCUT2D eigenvalue weighted by atomic mass is 16.6. The van der Waals surface area contributed by atoms with E-state index >= 15 is 0 Å². The summed E-state index contributed by atoms with van der Waals surface area (Å²) in [5, 5.41) is 21.0. The molecule has 1 aromatic rings. The second-order valence-corrected chi connectivity index (χ2v) is 5.43. The first-order valence-electron chi connectivity index (χ1n) is 7.06. The van der Waals surface area contributed by atoms with E-state index < -0.39 is 10.8 Å². The molecule has 0 aromatic heterocycles. The minimum Gasteiger partial charge on any atom is -0.404 e. The Morgan fingerprint density at radius 2 is 2.09 bits per heavy atom. The van der Waals surface area contributed by atoms with Gasteiger partial charge in [-0.15, -0.1) is 0 Å². The maximum absolute atomic E-state index is 11.3. The van der Waals surface area contributed by atoms with Gasteiger partial charge < -0.3 is 11.5 Å². The monoisotopic (exact) mass is 311 g/mol. The Morgan fingerprint density at radius 1 is 1.43 bits per heavy atom. The number of para-hydroxylation sites is 1. The average Bonchev–Trinajstić information content (AvgIpc) is 2.53. The lowest BCUT2D eigenvalue weighted by Gasteiger charge is -2.26. The van der Waals surface area contributed by atoms with Gasteiger partial charge in [0.15, 0.2) is 0 Å². The second-order valence-electron chi connectivity index (χ2n) is 5.43. The number of nitro benzene ring substituents is 1. The average molecular weight is 311 g/mol. The molecule has 0 amide bonds. The van der Waals surface area contributed by atoms with E-state index in [-0.39, 0.29) is 17.4 Å². The number of nitro groups is 1. The van der Waals surface area contributed by atoms with Gasteiger partial charge in [0.2, 0.25) is 0 Å². The van der Waals surface area contributed by atoms with Crippen LogP contribution in [0, 0.1) is 27.4 Å². The highest BCUT2D eigenvalue weighted by Crippen LogP contribution is 2.42. The Morgan fingerprint density at radius 3 is 2.61 bits per heavy atom. The summed E-state index contributed by atoms with van der Waals surface area (Å²) < 4.78 is 0. The summed E-state index contributed by atoms with van der Waals surface area (Å²) in [5.74, 6) is -0.562. The van der Waals surface area contributed by atoms with E-state index in [1.807, 2.05) is 13.8 Å². The number of benzene rings is 1. The van der Waals surface area contributed by atoms with E-state index in [1.54, 1.807) is 18.2 Å². The number of rotatable bonds is 3. The molecular weight excluding hydrogens is 294 g/mol. The number of nitrogens with zero attached hydrogens (tertiary/aromatic N) is 3. The molecule has 0 spiro atoms. The van der Waals surface area contributed by atoms with Crippen molar-refractivity contribution in [2.45, 2.75) is 19.8 Å². The molecular formula is C16H17N5O2. The van der Waals surface area contributed by atoms with Crippen molar-refractivity contribution in [2.24, 2.45) is 22.4 Å². The number of nitriles is 1. The smallest absolute Gasteiger partial charge is 0.273 e. The molecule has 1 atom stereocenters. The van der Waals surface area contributed by atoms with Gasteiger partial charge in [-0.3, -0.25) is 10.1 Å². The maximum Gasteiger partial charge on any atom is 0.273 e. The van der Waals surface area contributed by atoms with E-state index in [0.717, 1.165) is 0 Å². The van der Waals surface area contributed by atoms with Gasteiger partial charge in [0.25, 0.3) is 5.69 Å². The second kappa shape index (κ2) is 6.32. The van der Waals surface area contributed by atoms with Crippen LogP contribution < -0.4 is 11.5 Å². The summed E-state index contributed by atoms with van der Waals surface area (Å²) in [7, 11) is 0. The SMILES string of the molecule is CC(C)C1=C(C#N)C(c2ccccc2[N+](=O)[O-])/C(=C/N)C(N)=N1. The topological polar surface area (TPSA) is 131 Å². The highest BCUT2D eigenvalue weighted by Gasteiger charge is 2.35. The van der Waals surface area contributed by atoms with Crippen molar-refractivity contribution in [2.75, 3.05) is 0 Å². The van der Waals surface area contributed by atoms with E-state index in [4.69, 9.17) is 11.5 Å². The Kier molecular flexibility index (Phi) is 4.46. The molecule has 1 aliphatic rings. The highest BCUT2D eigenvalue weighted by molar-refractivity contribution is 6.01. The van der Waals surface area contributed by atoms with Crippen molar-refractivity contribution in [3.05, 3.63) is 63.0 Å². The molecule has 0 fully saturated rings. The zero-order valence-electron chi connectivity index (χ0n) is 12.9. The molecule has 2 rings (SSSR count). The van der Waals surface area contributed by atoms with Crippen molar-refractivity contribution in [3.63, 3.8) is 0 Å². The first-order chi connectivity index (χ1) is 10.9. The lowest BCUT2D eigenvalue weighted by Crippen LogP contribution is -2.28. The van der Waals surface area contributed by atoms with Crippen molar-refractivity contribution in [3.8, 4) is 6.07 Å². The van der Waals surface area contributed by atoms with Crippen molar-refractivity contribution < 1.29 is 4.92 Å². The van der Waals surface area contributed by atoms with Crippen LogP contribution in [0.25, 0.3) is 0 Å². The number of hydrogen-bond donors (Lipinski definition) is 2. The Hall–Kier alpha value is -3.14. The van der Waals surface area contributed by atoms with E-state index in [2.05, 4.69) is 11.1 Å². The molecule has 1 aliphatic heterocycles. The maximum atomic E-state index is 11.3. The zero-order chi connectivity index (χ0) is 17.1. The first-order valence-corrected chi connectivity index (χ1v) is 7.06. The quantitative estimate of drug-likeness (QED) is 0.653. The number of allylic oxidation sites excluding steroid dienone is 2. The molecule has 0 aliphatic carbocycles. The lowest BCUT2D eigenvalue weighted by molar-refractivity contribution is -0.385. The molecule has 0 saturated heterocycles. The summed E-state index contributed by atoms with van der Waals surface area (Å²) in [5.41, 5.74) is 13.2. The Labute approximate surface area is 133 Å². The van der Waals surface area contributed by atoms with Crippen molar-refractivity contribution in [1.29, 1.82) is 5.26 Å². The molecule has 118 valence electrons. The van der Waals surface area contributed by atoms with Crippen LogP contribution in [0.15, 0.2) is 52.3 Å².